The molecule has 0 spiro atoms. The van der Waals surface area contributed by atoms with E-state index in [0.717, 1.165) is 16.9 Å². The first-order valence-corrected chi connectivity index (χ1v) is 6.25. The molecule has 5 nitrogen and oxygen atoms in total. The number of benzene rings is 2. The number of nitrogens with two attached hydrogens (primary N) is 1. The minimum Gasteiger partial charge on any atom is -0.408 e. The van der Waals surface area contributed by atoms with Crippen LogP contribution in [-0.2, 0) is 7.05 Å². The van der Waals surface area contributed by atoms with Crippen molar-refractivity contribution in [3.63, 3.8) is 0 Å². The molecular weight excluding hydrogens is 254 g/mol. The SMILES string of the molecule is CN(c1cccc(N)c1)c1ccc2oc(=O)n(C)c2c1. The molecule has 3 aromatic rings. The molecule has 1 heterocycles. The lowest BCUT2D eigenvalue weighted by molar-refractivity contribution is 0.528. The average molecular weight is 269 g/mol. The van der Waals surface area contributed by atoms with Crippen LogP contribution in [0.5, 0.6) is 0 Å². The molecule has 0 radical (unpaired) electrons. The second kappa shape index (κ2) is 4.45. The van der Waals surface area contributed by atoms with E-state index in [1.807, 2.05) is 48.3 Å². The Morgan fingerprint density at radius 3 is 2.65 bits per heavy atom. The zero-order valence-corrected chi connectivity index (χ0v) is 11.3. The van der Waals surface area contributed by atoms with E-state index in [0.29, 0.717) is 11.3 Å². The molecule has 2 aromatic carbocycles. The lowest BCUT2D eigenvalue weighted by Crippen LogP contribution is -2.11. The minimum absolute atomic E-state index is 0.358. The molecule has 0 aliphatic carbocycles. The fraction of sp³-hybridized carbons (Fsp3) is 0.133. The maximum absolute atomic E-state index is 11.5. The highest BCUT2D eigenvalue weighted by Crippen LogP contribution is 2.27. The zero-order chi connectivity index (χ0) is 14.3. The fourth-order valence-electron chi connectivity index (χ4n) is 2.21. The summed E-state index contributed by atoms with van der Waals surface area (Å²) in [7, 11) is 3.65. The molecule has 1 aromatic heterocycles. The molecule has 2 N–H and O–H groups in total. The third kappa shape index (κ3) is 1.93. The summed E-state index contributed by atoms with van der Waals surface area (Å²) < 4.78 is 6.62. The van der Waals surface area contributed by atoms with Crippen molar-refractivity contribution in [3.05, 3.63) is 53.0 Å². The van der Waals surface area contributed by atoms with Crippen LogP contribution in [0.25, 0.3) is 11.1 Å². The molecule has 0 saturated carbocycles. The fourth-order valence-corrected chi connectivity index (χ4v) is 2.21. The molecular formula is C15H15N3O2. The van der Waals surface area contributed by atoms with E-state index in [2.05, 4.69) is 0 Å². The monoisotopic (exact) mass is 269 g/mol. The van der Waals surface area contributed by atoms with Crippen LogP contribution in [0.2, 0.25) is 0 Å². The number of fused-ring (bicyclic) bond motifs is 1. The van der Waals surface area contributed by atoms with Crippen molar-refractivity contribution in [2.75, 3.05) is 17.7 Å². The van der Waals surface area contributed by atoms with Crippen molar-refractivity contribution >= 4 is 28.2 Å². The van der Waals surface area contributed by atoms with E-state index in [1.165, 1.54) is 4.57 Å². The highest BCUT2D eigenvalue weighted by atomic mass is 16.4. The summed E-state index contributed by atoms with van der Waals surface area (Å²) in [4.78, 5) is 13.5. The van der Waals surface area contributed by atoms with E-state index in [4.69, 9.17) is 10.2 Å². The van der Waals surface area contributed by atoms with E-state index in [-0.39, 0.29) is 5.76 Å². The molecule has 5 heteroatoms. The number of anilines is 3. The number of oxazole rings is 1. The van der Waals surface area contributed by atoms with Gasteiger partial charge in [-0.25, -0.2) is 4.79 Å². The topological polar surface area (TPSA) is 64.4 Å². The zero-order valence-electron chi connectivity index (χ0n) is 11.3. The molecule has 0 bridgehead atoms. The van der Waals surface area contributed by atoms with Gasteiger partial charge in [-0.1, -0.05) is 6.07 Å². The lowest BCUT2D eigenvalue weighted by Gasteiger charge is -2.19. The molecule has 0 amide bonds. The molecule has 102 valence electrons. The Balaban J connectivity index is 2.10. The summed E-state index contributed by atoms with van der Waals surface area (Å²) in [5.41, 5.74) is 9.81. The van der Waals surface area contributed by atoms with Gasteiger partial charge >= 0.3 is 5.76 Å². The van der Waals surface area contributed by atoms with Crippen LogP contribution in [0.3, 0.4) is 0 Å². The smallest absolute Gasteiger partial charge is 0.408 e. The van der Waals surface area contributed by atoms with Gasteiger partial charge in [0.05, 0.1) is 5.52 Å². The number of aromatic nitrogens is 1. The Morgan fingerprint density at radius 1 is 1.15 bits per heavy atom. The summed E-state index contributed by atoms with van der Waals surface area (Å²) in [6.07, 6.45) is 0. The number of nitrogen functional groups attached to an aromatic ring is 1. The normalized spacial score (nSPS) is 10.9. The first-order valence-electron chi connectivity index (χ1n) is 6.25. The van der Waals surface area contributed by atoms with Crippen molar-refractivity contribution in [1.82, 2.24) is 4.57 Å². The molecule has 0 saturated heterocycles. The van der Waals surface area contributed by atoms with Crippen molar-refractivity contribution in [1.29, 1.82) is 0 Å². The van der Waals surface area contributed by atoms with Crippen molar-refractivity contribution in [2.45, 2.75) is 0 Å². The van der Waals surface area contributed by atoms with Crippen molar-refractivity contribution in [3.8, 4) is 0 Å². The van der Waals surface area contributed by atoms with Gasteiger partial charge in [0.15, 0.2) is 5.58 Å². The van der Waals surface area contributed by atoms with E-state index < -0.39 is 0 Å². The number of hydrogen-bond donors (Lipinski definition) is 1. The Bertz CT molecular complexity index is 832. The number of nitrogens with zero attached hydrogens (tertiary/aromatic N) is 2. The molecule has 0 fully saturated rings. The highest BCUT2D eigenvalue weighted by Gasteiger charge is 2.10. The quantitative estimate of drug-likeness (QED) is 0.726. The van der Waals surface area contributed by atoms with Crippen LogP contribution in [0.15, 0.2) is 51.7 Å². The largest absolute Gasteiger partial charge is 0.419 e. The van der Waals surface area contributed by atoms with Crippen LogP contribution < -0.4 is 16.4 Å². The molecule has 0 aliphatic heterocycles. The average Bonchev–Trinajstić information content (AvgIpc) is 2.73. The molecule has 20 heavy (non-hydrogen) atoms. The van der Waals surface area contributed by atoms with Crippen LogP contribution in [-0.4, -0.2) is 11.6 Å². The van der Waals surface area contributed by atoms with Crippen LogP contribution in [0, 0.1) is 0 Å². The summed E-state index contributed by atoms with van der Waals surface area (Å²) in [5.74, 6) is -0.358. The van der Waals surface area contributed by atoms with Gasteiger partial charge in [-0.15, -0.1) is 0 Å². The highest BCUT2D eigenvalue weighted by molar-refractivity contribution is 5.80. The Hall–Kier alpha value is -2.69. The Kier molecular flexibility index (Phi) is 2.75. The maximum Gasteiger partial charge on any atom is 0.419 e. The van der Waals surface area contributed by atoms with Gasteiger partial charge in [0.2, 0.25) is 0 Å². The third-order valence-electron chi connectivity index (χ3n) is 3.42. The van der Waals surface area contributed by atoms with Gasteiger partial charge in [-0.2, -0.15) is 0 Å². The first kappa shape index (κ1) is 12.3. The third-order valence-corrected chi connectivity index (χ3v) is 3.42. The summed E-state index contributed by atoms with van der Waals surface area (Å²) in [5, 5.41) is 0. The second-order valence-electron chi connectivity index (χ2n) is 4.73. The standard InChI is InChI=1S/C15H15N3O2/c1-17(11-5-3-4-10(16)8-11)12-6-7-14-13(9-12)18(2)15(19)20-14/h3-9H,16H2,1-2H3. The number of aryl methyl sites for hydroxylation is 1. The first-order chi connectivity index (χ1) is 9.56. The van der Waals surface area contributed by atoms with E-state index in [1.54, 1.807) is 13.1 Å². The van der Waals surface area contributed by atoms with Gasteiger partial charge in [-0.05, 0) is 36.4 Å². The Morgan fingerprint density at radius 2 is 1.90 bits per heavy atom. The summed E-state index contributed by atoms with van der Waals surface area (Å²) in [6, 6.07) is 13.3. The second-order valence-corrected chi connectivity index (χ2v) is 4.73. The summed E-state index contributed by atoms with van der Waals surface area (Å²) in [6.45, 7) is 0. The van der Waals surface area contributed by atoms with Crippen molar-refractivity contribution < 1.29 is 4.42 Å². The van der Waals surface area contributed by atoms with E-state index in [9.17, 15) is 4.79 Å². The summed E-state index contributed by atoms with van der Waals surface area (Å²) >= 11 is 0. The van der Waals surface area contributed by atoms with Crippen molar-refractivity contribution in [2.24, 2.45) is 7.05 Å². The van der Waals surface area contributed by atoms with E-state index >= 15 is 0 Å². The Labute approximate surface area is 115 Å². The van der Waals surface area contributed by atoms with Gasteiger partial charge in [0, 0.05) is 31.2 Å². The molecule has 0 aliphatic rings. The predicted molar refractivity (Wildman–Crippen MR) is 80.4 cm³/mol. The van der Waals surface area contributed by atoms with Gasteiger partial charge in [-0.3, -0.25) is 4.57 Å². The molecule has 3 rings (SSSR count). The number of rotatable bonds is 2. The predicted octanol–water partition coefficient (Wildman–Crippen LogP) is 2.48. The lowest BCUT2D eigenvalue weighted by atomic mass is 10.2. The van der Waals surface area contributed by atoms with Crippen LogP contribution in [0.4, 0.5) is 17.1 Å². The molecule has 0 atom stereocenters. The number of hydrogen-bond acceptors (Lipinski definition) is 4. The van der Waals surface area contributed by atoms with Gasteiger partial charge in [0.25, 0.3) is 0 Å². The minimum atomic E-state index is -0.358. The van der Waals surface area contributed by atoms with Gasteiger partial charge < -0.3 is 15.1 Å². The molecule has 0 unspecified atom stereocenters. The van der Waals surface area contributed by atoms with Crippen LogP contribution >= 0.6 is 0 Å². The maximum atomic E-state index is 11.5. The van der Waals surface area contributed by atoms with Crippen LogP contribution in [0.1, 0.15) is 0 Å². The van der Waals surface area contributed by atoms with Gasteiger partial charge in [0.1, 0.15) is 0 Å².